The van der Waals surface area contributed by atoms with Crippen LogP contribution in [0.25, 0.3) is 10.8 Å². The molecule has 0 aromatic heterocycles. The Morgan fingerprint density at radius 1 is 0.973 bits per heavy atom. The highest BCUT2D eigenvalue weighted by Gasteiger charge is 2.73. The van der Waals surface area contributed by atoms with Crippen LogP contribution in [0, 0.1) is 17.8 Å². The Kier molecular flexibility index (Phi) is 7.24. The van der Waals surface area contributed by atoms with E-state index in [9.17, 15) is 8.42 Å². The second-order valence-electron chi connectivity index (χ2n) is 10.7. The lowest BCUT2D eigenvalue weighted by molar-refractivity contribution is -0.202. The van der Waals surface area contributed by atoms with Gasteiger partial charge < -0.3 is 4.74 Å². The van der Waals surface area contributed by atoms with Crippen molar-refractivity contribution in [3.8, 4) is 5.75 Å². The molecule has 206 valence electrons. The molecule has 2 bridgehead atoms. The van der Waals surface area contributed by atoms with E-state index < -0.39 is 43.4 Å². The van der Waals surface area contributed by atoms with Crippen LogP contribution in [0.4, 0.5) is 17.6 Å². The highest BCUT2D eigenvalue weighted by Crippen LogP contribution is 2.67. The van der Waals surface area contributed by atoms with Gasteiger partial charge in [-0.3, -0.25) is 0 Å². The fourth-order valence-corrected chi connectivity index (χ4v) is 12.3. The van der Waals surface area contributed by atoms with E-state index in [0.29, 0.717) is 48.3 Å². The summed E-state index contributed by atoms with van der Waals surface area (Å²) in [7, 11) is -8.74. The molecule has 1 saturated heterocycles. The van der Waals surface area contributed by atoms with E-state index in [1.807, 2.05) is 19.1 Å². The maximum absolute atomic E-state index is 15.4. The first-order valence-corrected chi connectivity index (χ1v) is 16.5. The summed E-state index contributed by atoms with van der Waals surface area (Å²) in [5.41, 5.74) is 0. The van der Waals surface area contributed by atoms with E-state index in [1.54, 1.807) is 24.3 Å². The number of alkyl halides is 4. The number of ether oxygens (including phenoxy) is 1. The molecule has 5 rings (SSSR count). The van der Waals surface area contributed by atoms with Crippen LogP contribution in [0.1, 0.15) is 58.3 Å². The maximum Gasteiger partial charge on any atom is 0.432 e. The van der Waals surface area contributed by atoms with Crippen molar-refractivity contribution in [3.63, 3.8) is 0 Å². The minimum Gasteiger partial charge on any atom is -0.493 e. The number of hydrogen-bond donors (Lipinski definition) is 0. The third kappa shape index (κ3) is 4.54. The Balaban J connectivity index is 1.50. The Labute approximate surface area is 217 Å². The largest absolute Gasteiger partial charge is 0.493 e. The van der Waals surface area contributed by atoms with Crippen LogP contribution >= 0.6 is 10.3 Å². The minimum atomic E-state index is -5.94. The van der Waals surface area contributed by atoms with E-state index in [4.69, 9.17) is 8.37 Å². The molecule has 3 atom stereocenters. The SMILES string of the molecule is CCCCOc1ccc(S2(OS(=O)(=O)C(F)(F)C(F)(F)C3CC4CCC3C4)CCCC2)c2ccccc12. The van der Waals surface area contributed by atoms with Crippen LogP contribution in [0.2, 0.25) is 0 Å². The van der Waals surface area contributed by atoms with Crippen LogP contribution < -0.4 is 4.74 Å². The zero-order valence-corrected chi connectivity index (χ0v) is 22.6. The highest BCUT2D eigenvalue weighted by atomic mass is 32.3. The fraction of sp³-hybridized carbons (Fsp3) is 0.630. The first kappa shape index (κ1) is 27.1. The van der Waals surface area contributed by atoms with Gasteiger partial charge in [0.2, 0.25) is 0 Å². The van der Waals surface area contributed by atoms with Crippen molar-refractivity contribution in [1.29, 1.82) is 0 Å². The van der Waals surface area contributed by atoms with E-state index in [-0.39, 0.29) is 23.8 Å². The lowest BCUT2D eigenvalue weighted by atomic mass is 9.84. The van der Waals surface area contributed by atoms with Crippen LogP contribution in [-0.2, 0) is 13.7 Å². The standard InChI is InChI=1S/C27H34F4O4S2/c1-2-3-14-34-24-12-13-25(22-9-5-4-8-21(22)24)36(15-6-7-16-36)35-37(32,33)27(30,31)26(28,29)23-18-19-10-11-20(23)17-19/h4-5,8-9,12-13,19-20,23H,2-3,6-7,10-11,14-18H2,1H3. The lowest BCUT2D eigenvalue weighted by Gasteiger charge is -2.39. The van der Waals surface area contributed by atoms with Gasteiger partial charge >= 0.3 is 21.3 Å². The normalized spacial score (nSPS) is 26.6. The zero-order chi connectivity index (χ0) is 26.5. The Morgan fingerprint density at radius 3 is 2.30 bits per heavy atom. The summed E-state index contributed by atoms with van der Waals surface area (Å²) >= 11 is 0. The summed E-state index contributed by atoms with van der Waals surface area (Å²) in [6.07, 6.45) is 4.54. The van der Waals surface area contributed by atoms with Gasteiger partial charge in [0.05, 0.1) is 6.61 Å². The summed E-state index contributed by atoms with van der Waals surface area (Å²) in [5.74, 6) is -5.88. The molecule has 3 aliphatic rings. The van der Waals surface area contributed by atoms with Crippen molar-refractivity contribution < 1.29 is 34.3 Å². The van der Waals surface area contributed by atoms with E-state index in [0.717, 1.165) is 24.6 Å². The first-order valence-electron chi connectivity index (χ1n) is 13.2. The Morgan fingerprint density at radius 2 is 1.68 bits per heavy atom. The lowest BCUT2D eigenvalue weighted by Crippen LogP contribution is -2.53. The minimum absolute atomic E-state index is 0.0310. The van der Waals surface area contributed by atoms with Crippen molar-refractivity contribution in [1.82, 2.24) is 0 Å². The quantitative estimate of drug-likeness (QED) is 0.218. The molecule has 0 N–H and O–H groups in total. The average molecular weight is 563 g/mol. The smallest absolute Gasteiger partial charge is 0.432 e. The molecule has 2 aromatic carbocycles. The second-order valence-corrected chi connectivity index (χ2v) is 15.5. The number of halogens is 4. The monoisotopic (exact) mass is 562 g/mol. The molecule has 3 unspecified atom stereocenters. The van der Waals surface area contributed by atoms with Gasteiger partial charge in [-0.1, -0.05) is 54.3 Å². The predicted octanol–water partition coefficient (Wildman–Crippen LogP) is 7.90. The molecule has 1 heterocycles. The van der Waals surface area contributed by atoms with E-state index in [1.165, 1.54) is 0 Å². The van der Waals surface area contributed by atoms with Gasteiger partial charge in [-0.15, -0.1) is 0 Å². The van der Waals surface area contributed by atoms with Crippen molar-refractivity contribution >= 4 is 31.2 Å². The number of unbranched alkanes of at least 4 members (excludes halogenated alkanes) is 1. The third-order valence-electron chi connectivity index (χ3n) is 8.32. The van der Waals surface area contributed by atoms with Gasteiger partial charge in [0.15, 0.2) is 0 Å². The molecular formula is C27H34F4O4S2. The summed E-state index contributed by atoms with van der Waals surface area (Å²) in [5, 5.41) is -3.95. The summed E-state index contributed by atoms with van der Waals surface area (Å²) in [6, 6.07) is 10.6. The van der Waals surface area contributed by atoms with Crippen molar-refractivity contribution in [2.24, 2.45) is 17.8 Å². The molecular weight excluding hydrogens is 528 g/mol. The molecule has 0 amide bonds. The maximum atomic E-state index is 15.4. The molecule has 37 heavy (non-hydrogen) atoms. The van der Waals surface area contributed by atoms with E-state index in [2.05, 4.69) is 0 Å². The van der Waals surface area contributed by atoms with Crippen LogP contribution in [0.5, 0.6) is 5.75 Å². The van der Waals surface area contributed by atoms with Crippen molar-refractivity contribution in [2.45, 2.75) is 74.4 Å². The average Bonchev–Trinajstić information content (AvgIpc) is 3.62. The Hall–Kier alpha value is -1.52. The van der Waals surface area contributed by atoms with Gasteiger partial charge in [0.1, 0.15) is 5.75 Å². The number of benzene rings is 2. The second kappa shape index (κ2) is 9.90. The van der Waals surface area contributed by atoms with Gasteiger partial charge in [0, 0.05) is 27.7 Å². The van der Waals surface area contributed by atoms with E-state index >= 15 is 17.6 Å². The Bertz CT molecular complexity index is 1240. The molecule has 2 aromatic rings. The zero-order valence-electron chi connectivity index (χ0n) is 20.9. The molecule has 0 radical (unpaired) electrons. The first-order chi connectivity index (χ1) is 17.5. The van der Waals surface area contributed by atoms with Gasteiger partial charge in [-0.25, -0.2) is 3.63 Å². The number of fused-ring (bicyclic) bond motifs is 3. The van der Waals surface area contributed by atoms with Gasteiger partial charge in [-0.2, -0.15) is 26.0 Å². The molecule has 1 aliphatic heterocycles. The number of rotatable bonds is 10. The van der Waals surface area contributed by atoms with Gasteiger partial charge in [-0.05, 0) is 67.9 Å². The summed E-state index contributed by atoms with van der Waals surface area (Å²) in [6.45, 7) is 2.55. The summed E-state index contributed by atoms with van der Waals surface area (Å²) < 4.78 is 98.9. The highest BCUT2D eigenvalue weighted by molar-refractivity contribution is 8.33. The summed E-state index contributed by atoms with van der Waals surface area (Å²) in [4.78, 5) is 0.492. The molecule has 2 aliphatic carbocycles. The number of hydrogen-bond acceptors (Lipinski definition) is 4. The molecule has 10 heteroatoms. The third-order valence-corrected chi connectivity index (χ3v) is 14.0. The molecule has 2 saturated carbocycles. The molecule has 4 nitrogen and oxygen atoms in total. The van der Waals surface area contributed by atoms with Crippen LogP contribution in [-0.4, -0.2) is 37.7 Å². The molecule has 0 spiro atoms. The molecule has 3 fully saturated rings. The van der Waals surface area contributed by atoms with Crippen molar-refractivity contribution in [3.05, 3.63) is 36.4 Å². The van der Waals surface area contributed by atoms with Crippen LogP contribution in [0.3, 0.4) is 0 Å². The fourth-order valence-electron chi connectivity index (χ4n) is 6.40. The van der Waals surface area contributed by atoms with Crippen molar-refractivity contribution in [2.75, 3.05) is 18.1 Å². The van der Waals surface area contributed by atoms with Gasteiger partial charge in [0.25, 0.3) is 0 Å². The van der Waals surface area contributed by atoms with Crippen LogP contribution in [0.15, 0.2) is 41.3 Å². The predicted molar refractivity (Wildman–Crippen MR) is 138 cm³/mol. The topological polar surface area (TPSA) is 52.6 Å².